The molecule has 0 saturated carbocycles. The van der Waals surface area contributed by atoms with E-state index in [1.807, 2.05) is 54.6 Å². The van der Waals surface area contributed by atoms with Crippen molar-refractivity contribution in [2.75, 3.05) is 0 Å². The van der Waals surface area contributed by atoms with Gasteiger partial charge in [0.1, 0.15) is 0 Å². The second-order valence-corrected chi connectivity index (χ2v) is 4.51. The Kier molecular flexibility index (Phi) is 16.7. The summed E-state index contributed by atoms with van der Waals surface area (Å²) in [7, 11) is 0. The molecule has 0 saturated heterocycles. The van der Waals surface area contributed by atoms with Crippen LogP contribution in [0.1, 0.15) is 0 Å². The van der Waals surface area contributed by atoms with Crippen LogP contribution in [0, 0.1) is 92.9 Å². The van der Waals surface area contributed by atoms with Crippen LogP contribution in [-0.2, 0) is 0 Å². The third-order valence-corrected chi connectivity index (χ3v) is 2.60. The molecule has 0 aliphatic rings. The Balaban J connectivity index is 0. The van der Waals surface area contributed by atoms with Crippen molar-refractivity contribution < 1.29 is 62.2 Å². The summed E-state index contributed by atoms with van der Waals surface area (Å²) in [6.07, 6.45) is 3.54. The average molecular weight is 592 g/mol. The molecule has 0 amide bonds. The average Bonchev–Trinajstić information content (AvgIpc) is 2.68. The normalized spacial score (nSPS) is 8.26. The van der Waals surface area contributed by atoms with E-state index < -0.39 is 15.3 Å². The minimum absolute atomic E-state index is 0. The van der Waals surface area contributed by atoms with E-state index in [4.69, 9.17) is 46.0 Å². The summed E-state index contributed by atoms with van der Waals surface area (Å²) in [5.74, 6) is 0. The fourth-order valence-corrected chi connectivity index (χ4v) is 1.75. The van der Waals surface area contributed by atoms with E-state index >= 15 is 0 Å². The van der Waals surface area contributed by atoms with Gasteiger partial charge in [-0.1, -0.05) is 18.2 Å². The van der Waals surface area contributed by atoms with E-state index in [9.17, 15) is 0 Å². The van der Waals surface area contributed by atoms with Crippen molar-refractivity contribution in [3.63, 3.8) is 0 Å². The molecule has 0 fully saturated rings. The van der Waals surface area contributed by atoms with Crippen LogP contribution < -0.4 is 0 Å². The molecule has 3 rings (SSSR count). The molecule has 0 atom stereocenters. The first-order valence-electron chi connectivity index (χ1n) is 7.38. The van der Waals surface area contributed by atoms with Gasteiger partial charge in [0.15, 0.2) is 0 Å². The minimum atomic E-state index is -1.75. The number of pyridine rings is 3. The molecule has 3 aromatic rings. The number of nitrogens with zero attached hydrogens (tertiary/aromatic N) is 6. The molecule has 31 heavy (non-hydrogen) atoms. The van der Waals surface area contributed by atoms with E-state index in [1.54, 1.807) is 12.4 Å². The Morgan fingerprint density at radius 3 is 1.06 bits per heavy atom. The number of aromatic nitrogens is 3. The van der Waals surface area contributed by atoms with Crippen molar-refractivity contribution in [1.82, 2.24) is 15.0 Å². The zero-order valence-corrected chi connectivity index (χ0v) is 16.7. The quantitative estimate of drug-likeness (QED) is 0.308. The van der Waals surface area contributed by atoms with Gasteiger partial charge in [0, 0.05) is 12.4 Å². The van der Waals surface area contributed by atoms with Crippen LogP contribution in [0.2, 0.25) is 0 Å². The molecule has 169 valence electrons. The Bertz CT molecular complexity index is 839. The van der Waals surface area contributed by atoms with E-state index in [1.165, 1.54) is 0 Å². The van der Waals surface area contributed by atoms with E-state index in [-0.39, 0.29) is 46.9 Å². The number of hydrogen-bond donors (Lipinski definition) is 0. The van der Waals surface area contributed by atoms with E-state index in [0.29, 0.717) is 0 Å². The summed E-state index contributed by atoms with van der Waals surface area (Å²) in [5.41, 5.74) is 3.46. The summed E-state index contributed by atoms with van der Waals surface area (Å²) >= 11 is 0. The van der Waals surface area contributed by atoms with Gasteiger partial charge in [-0.25, -0.2) is 4.98 Å². The maximum atomic E-state index is 8.25. The van der Waals surface area contributed by atoms with Crippen LogP contribution >= 0.6 is 0 Å². The van der Waals surface area contributed by atoms with Gasteiger partial charge >= 0.3 is 46.9 Å². The van der Waals surface area contributed by atoms with Gasteiger partial charge in [-0.05, 0) is 36.4 Å². The molecule has 0 N–H and O–H groups in total. The van der Waals surface area contributed by atoms with Crippen LogP contribution in [0.5, 0.6) is 0 Å². The molecule has 0 spiro atoms. The second-order valence-electron chi connectivity index (χ2n) is 4.51. The first-order chi connectivity index (χ1) is 14.1. The molecule has 0 aliphatic heterocycles. The van der Waals surface area contributed by atoms with Crippen molar-refractivity contribution in [3.8, 4) is 22.8 Å². The Morgan fingerprint density at radius 1 is 0.516 bits per heavy atom. The molecule has 0 aromatic carbocycles. The molecule has 16 heteroatoms. The second kappa shape index (κ2) is 17.4. The maximum absolute atomic E-state index is 8.25. The van der Waals surface area contributed by atoms with Crippen LogP contribution in [0.25, 0.3) is 22.8 Å². The zero-order chi connectivity index (χ0) is 22.9. The van der Waals surface area contributed by atoms with Gasteiger partial charge in [-0.3, -0.25) is 9.97 Å². The molecular formula is C15H11N6O9Yb. The Labute approximate surface area is 211 Å². The van der Waals surface area contributed by atoms with Gasteiger partial charge in [0.2, 0.25) is 0 Å². The zero-order valence-electron chi connectivity index (χ0n) is 15.0. The summed E-state index contributed by atoms with van der Waals surface area (Å²) in [4.78, 5) is 37.9. The van der Waals surface area contributed by atoms with Crippen molar-refractivity contribution in [2.24, 2.45) is 0 Å². The van der Waals surface area contributed by atoms with Gasteiger partial charge in [0.05, 0.1) is 38.0 Å². The van der Waals surface area contributed by atoms with Crippen LogP contribution in [-0.4, -0.2) is 30.2 Å². The van der Waals surface area contributed by atoms with Crippen molar-refractivity contribution >= 4 is 0 Å². The van der Waals surface area contributed by atoms with Crippen molar-refractivity contribution in [1.29, 1.82) is 0 Å². The molecule has 15 nitrogen and oxygen atoms in total. The largest absolute Gasteiger partial charge is 3.00 e. The van der Waals surface area contributed by atoms with Crippen molar-refractivity contribution in [3.05, 3.63) is 113 Å². The molecule has 3 aromatic heterocycles. The summed E-state index contributed by atoms with van der Waals surface area (Å²) in [6.45, 7) is 0. The Hall–Kier alpha value is -3.43. The SMILES string of the molecule is O=[N+]([O-])[O-].O=[N+]([O-])[O-].O=[N+]([O-])[O-].[Yb+3].c1ccc(-c2cccc(-c3ccccn3)n2)nc1. The van der Waals surface area contributed by atoms with Crippen LogP contribution in [0.3, 0.4) is 0 Å². The topological polar surface area (TPSA) is 237 Å². The first-order valence-corrected chi connectivity index (χ1v) is 7.38. The number of rotatable bonds is 2. The van der Waals surface area contributed by atoms with E-state index in [0.717, 1.165) is 22.8 Å². The first kappa shape index (κ1) is 29.8. The van der Waals surface area contributed by atoms with Gasteiger partial charge in [0.25, 0.3) is 0 Å². The molecule has 0 bridgehead atoms. The molecule has 0 aliphatic carbocycles. The van der Waals surface area contributed by atoms with E-state index in [2.05, 4.69) is 15.0 Å². The monoisotopic (exact) mass is 593 g/mol. The third-order valence-electron chi connectivity index (χ3n) is 2.60. The van der Waals surface area contributed by atoms with Gasteiger partial charge in [-0.2, -0.15) is 0 Å². The van der Waals surface area contributed by atoms with Gasteiger partial charge < -0.3 is 46.0 Å². The maximum Gasteiger partial charge on any atom is 3.00 e. The number of hydrogen-bond acceptors (Lipinski definition) is 12. The summed E-state index contributed by atoms with van der Waals surface area (Å²) < 4.78 is 0. The smallest absolute Gasteiger partial charge is 0.356 e. The predicted molar refractivity (Wildman–Crippen MR) is 102 cm³/mol. The minimum Gasteiger partial charge on any atom is -0.356 e. The fraction of sp³-hybridized carbons (Fsp3) is 0. The third kappa shape index (κ3) is 17.2. The van der Waals surface area contributed by atoms with Crippen LogP contribution in [0.4, 0.5) is 0 Å². The Morgan fingerprint density at radius 2 is 0.806 bits per heavy atom. The van der Waals surface area contributed by atoms with Crippen molar-refractivity contribution in [2.45, 2.75) is 0 Å². The summed E-state index contributed by atoms with van der Waals surface area (Å²) in [5, 5.41) is 44.2. The molecule has 0 unspecified atom stereocenters. The van der Waals surface area contributed by atoms with Crippen LogP contribution in [0.15, 0.2) is 67.0 Å². The molecule has 3 heterocycles. The van der Waals surface area contributed by atoms with Gasteiger partial charge in [-0.15, -0.1) is 0 Å². The predicted octanol–water partition coefficient (Wildman–Crippen LogP) is 2.49. The molecule has 1 radical (unpaired) electrons. The standard InChI is InChI=1S/C15H11N3.3NO3.Yb/c1-3-10-16-12(6-1)14-8-5-9-15(18-14)13-7-2-4-11-17-13;3*2-1(3)4;/h1-11H;;;;/q;3*-1;+3. The fourth-order valence-electron chi connectivity index (χ4n) is 1.75. The summed E-state index contributed by atoms with van der Waals surface area (Å²) in [6, 6.07) is 17.5. The molecular weight excluding hydrogens is 581 g/mol.